The molecule has 1 atom stereocenters. The molecule has 2 fully saturated rings. The predicted octanol–water partition coefficient (Wildman–Crippen LogP) is 2.71. The van der Waals surface area contributed by atoms with Gasteiger partial charge in [0.2, 0.25) is 0 Å². The van der Waals surface area contributed by atoms with Crippen molar-refractivity contribution in [3.8, 4) is 0 Å². The van der Waals surface area contributed by atoms with E-state index in [2.05, 4.69) is 10.2 Å². The number of benzene rings is 1. The van der Waals surface area contributed by atoms with Crippen LogP contribution in [-0.4, -0.2) is 31.1 Å². The quantitative estimate of drug-likeness (QED) is 0.905. The van der Waals surface area contributed by atoms with E-state index in [4.69, 9.17) is 0 Å². The van der Waals surface area contributed by atoms with Crippen LogP contribution in [0.5, 0.6) is 0 Å². The lowest BCUT2D eigenvalue weighted by molar-refractivity contribution is 0.0809. The molecule has 1 aromatic carbocycles. The molecule has 2 nitrogen and oxygen atoms in total. The highest BCUT2D eigenvalue weighted by molar-refractivity contribution is 5.24. The van der Waals surface area contributed by atoms with Gasteiger partial charge in [0.1, 0.15) is 11.6 Å². The lowest BCUT2D eigenvalue weighted by Gasteiger charge is -2.43. The molecular weight excluding hydrogens is 246 g/mol. The number of nitrogens with one attached hydrogen (secondary N) is 1. The van der Waals surface area contributed by atoms with Gasteiger partial charge in [-0.2, -0.15) is 0 Å². The molecule has 0 bridgehead atoms. The zero-order chi connectivity index (χ0) is 13.2. The zero-order valence-corrected chi connectivity index (χ0v) is 11.0. The number of hydrogen-bond acceptors (Lipinski definition) is 2. The summed E-state index contributed by atoms with van der Waals surface area (Å²) in [5, 5.41) is 3.31. The van der Waals surface area contributed by atoms with Gasteiger partial charge in [-0.15, -0.1) is 0 Å². The minimum Gasteiger partial charge on any atom is -0.314 e. The third-order valence-electron chi connectivity index (χ3n) is 4.42. The van der Waals surface area contributed by atoms with Gasteiger partial charge in [-0.25, -0.2) is 8.78 Å². The van der Waals surface area contributed by atoms with E-state index in [9.17, 15) is 8.78 Å². The summed E-state index contributed by atoms with van der Waals surface area (Å²) >= 11 is 0. The predicted molar refractivity (Wildman–Crippen MR) is 70.9 cm³/mol. The maximum atomic E-state index is 14.1. The Bertz CT molecular complexity index is 440. The molecule has 1 heterocycles. The zero-order valence-electron chi connectivity index (χ0n) is 11.0. The highest BCUT2D eigenvalue weighted by atomic mass is 19.1. The minimum atomic E-state index is -0.337. The van der Waals surface area contributed by atoms with E-state index in [1.54, 1.807) is 0 Å². The third kappa shape index (κ3) is 2.65. The van der Waals surface area contributed by atoms with Gasteiger partial charge in [-0.1, -0.05) is 6.42 Å². The van der Waals surface area contributed by atoms with Crippen LogP contribution in [-0.2, 0) is 0 Å². The topological polar surface area (TPSA) is 15.3 Å². The molecule has 1 aliphatic heterocycles. The van der Waals surface area contributed by atoms with Crippen molar-refractivity contribution in [1.82, 2.24) is 10.2 Å². The Hall–Kier alpha value is -1.00. The summed E-state index contributed by atoms with van der Waals surface area (Å²) in [6.45, 7) is 3.69. The Kier molecular flexibility index (Phi) is 3.80. The van der Waals surface area contributed by atoms with Crippen LogP contribution in [0.2, 0.25) is 0 Å². The summed E-state index contributed by atoms with van der Waals surface area (Å²) in [5.41, 5.74) is 0.548. The normalized spacial score (nSPS) is 23.1. The Balaban J connectivity index is 1.90. The van der Waals surface area contributed by atoms with Gasteiger partial charge in [0.25, 0.3) is 0 Å². The molecule has 0 spiro atoms. The van der Waals surface area contributed by atoms with Crippen LogP contribution in [0.15, 0.2) is 18.2 Å². The van der Waals surface area contributed by atoms with Crippen molar-refractivity contribution in [3.63, 3.8) is 0 Å². The van der Waals surface area contributed by atoms with Crippen LogP contribution >= 0.6 is 0 Å². The molecule has 1 N–H and O–H groups in total. The first-order chi connectivity index (χ1) is 9.25. The number of halogens is 2. The first-order valence-electron chi connectivity index (χ1n) is 7.15. The molecule has 0 radical (unpaired) electrons. The molecule has 1 aromatic rings. The molecule has 1 aliphatic carbocycles. The summed E-state index contributed by atoms with van der Waals surface area (Å²) in [5.74, 6) is -0.123. The molecule has 104 valence electrons. The number of rotatable bonds is 3. The van der Waals surface area contributed by atoms with Crippen molar-refractivity contribution in [2.24, 2.45) is 5.92 Å². The molecule has 0 unspecified atom stereocenters. The van der Waals surface area contributed by atoms with Crippen molar-refractivity contribution >= 4 is 0 Å². The van der Waals surface area contributed by atoms with Gasteiger partial charge in [0.15, 0.2) is 0 Å². The fourth-order valence-electron chi connectivity index (χ4n) is 3.21. The van der Waals surface area contributed by atoms with Crippen LogP contribution < -0.4 is 5.32 Å². The Labute approximate surface area is 112 Å². The Morgan fingerprint density at radius 3 is 2.53 bits per heavy atom. The molecule has 1 saturated heterocycles. The van der Waals surface area contributed by atoms with Crippen molar-refractivity contribution in [2.75, 3.05) is 26.2 Å². The molecule has 4 heteroatoms. The van der Waals surface area contributed by atoms with Gasteiger partial charge in [0.05, 0.1) is 0 Å². The van der Waals surface area contributed by atoms with E-state index >= 15 is 0 Å². The van der Waals surface area contributed by atoms with E-state index in [1.807, 2.05) is 0 Å². The summed E-state index contributed by atoms with van der Waals surface area (Å²) in [7, 11) is 0. The van der Waals surface area contributed by atoms with Gasteiger partial charge in [-0.3, -0.25) is 4.90 Å². The second kappa shape index (κ2) is 5.55. The maximum Gasteiger partial charge on any atom is 0.128 e. The molecule has 0 amide bonds. The third-order valence-corrected chi connectivity index (χ3v) is 4.42. The lowest BCUT2D eigenvalue weighted by Crippen LogP contribution is -2.48. The molecule has 3 rings (SSSR count). The number of hydrogen-bond donors (Lipinski definition) is 1. The van der Waals surface area contributed by atoms with Gasteiger partial charge >= 0.3 is 0 Å². The average molecular weight is 266 g/mol. The fraction of sp³-hybridized carbons (Fsp3) is 0.600. The molecule has 19 heavy (non-hydrogen) atoms. The highest BCUT2D eigenvalue weighted by Crippen LogP contribution is 2.42. The molecule has 1 saturated carbocycles. The summed E-state index contributed by atoms with van der Waals surface area (Å²) in [6.07, 6.45) is 3.47. The van der Waals surface area contributed by atoms with Crippen LogP contribution in [0.3, 0.4) is 0 Å². The van der Waals surface area contributed by atoms with E-state index in [0.29, 0.717) is 11.5 Å². The van der Waals surface area contributed by atoms with E-state index < -0.39 is 0 Å². The molecule has 2 aliphatic rings. The van der Waals surface area contributed by atoms with Gasteiger partial charge in [0, 0.05) is 37.8 Å². The first kappa shape index (κ1) is 13.0. The summed E-state index contributed by atoms with van der Waals surface area (Å²) in [4.78, 5) is 2.32. The Morgan fingerprint density at radius 1 is 1.16 bits per heavy atom. The second-order valence-corrected chi connectivity index (χ2v) is 5.59. The SMILES string of the molecule is Fc1ccc(F)c([C@@H](C2CCC2)N2CCNCC2)c1. The van der Waals surface area contributed by atoms with Crippen molar-refractivity contribution in [1.29, 1.82) is 0 Å². The van der Waals surface area contributed by atoms with E-state index in [0.717, 1.165) is 39.0 Å². The maximum absolute atomic E-state index is 14.1. The van der Waals surface area contributed by atoms with Crippen molar-refractivity contribution < 1.29 is 8.78 Å². The molecule has 0 aromatic heterocycles. The second-order valence-electron chi connectivity index (χ2n) is 5.59. The van der Waals surface area contributed by atoms with Gasteiger partial charge in [-0.05, 0) is 37.0 Å². The van der Waals surface area contributed by atoms with Crippen LogP contribution in [0, 0.1) is 17.6 Å². The van der Waals surface area contributed by atoms with E-state index in [-0.39, 0.29) is 17.7 Å². The lowest BCUT2D eigenvalue weighted by atomic mass is 9.76. The minimum absolute atomic E-state index is 0.0477. The van der Waals surface area contributed by atoms with Crippen molar-refractivity contribution in [2.45, 2.75) is 25.3 Å². The molecular formula is C15H20F2N2. The smallest absolute Gasteiger partial charge is 0.128 e. The van der Waals surface area contributed by atoms with E-state index in [1.165, 1.54) is 24.6 Å². The van der Waals surface area contributed by atoms with Gasteiger partial charge < -0.3 is 5.32 Å². The highest BCUT2D eigenvalue weighted by Gasteiger charge is 2.35. The monoisotopic (exact) mass is 266 g/mol. The fourth-order valence-corrected chi connectivity index (χ4v) is 3.21. The standard InChI is InChI=1S/C15H20F2N2/c16-12-4-5-14(17)13(10-12)15(11-2-1-3-11)19-8-6-18-7-9-19/h4-5,10-11,15,18H,1-3,6-9H2/t15-/m1/s1. The van der Waals surface area contributed by atoms with Crippen LogP contribution in [0.1, 0.15) is 30.9 Å². The van der Waals surface area contributed by atoms with Crippen LogP contribution in [0.25, 0.3) is 0 Å². The van der Waals surface area contributed by atoms with Crippen molar-refractivity contribution in [3.05, 3.63) is 35.4 Å². The first-order valence-corrected chi connectivity index (χ1v) is 7.15. The number of nitrogens with zero attached hydrogens (tertiary/aromatic N) is 1. The van der Waals surface area contributed by atoms with Crippen LogP contribution in [0.4, 0.5) is 8.78 Å². The largest absolute Gasteiger partial charge is 0.314 e. The summed E-state index contributed by atoms with van der Waals surface area (Å²) < 4.78 is 27.5. The Morgan fingerprint density at radius 2 is 1.89 bits per heavy atom. The summed E-state index contributed by atoms with van der Waals surface area (Å²) in [6, 6.07) is 3.90. The average Bonchev–Trinajstić information content (AvgIpc) is 2.38. The number of piperazine rings is 1.